The zero-order valence-corrected chi connectivity index (χ0v) is 24.8. The van der Waals surface area contributed by atoms with E-state index in [-0.39, 0.29) is 41.6 Å². The van der Waals surface area contributed by atoms with Crippen LogP contribution in [0.3, 0.4) is 0 Å². The number of amides is 1. The summed E-state index contributed by atoms with van der Waals surface area (Å²) in [5, 5.41) is 31.1. The lowest BCUT2D eigenvalue weighted by Crippen LogP contribution is -2.39. The van der Waals surface area contributed by atoms with Crippen LogP contribution in [0.15, 0.2) is 77.7 Å². The summed E-state index contributed by atoms with van der Waals surface area (Å²) >= 11 is 0. The van der Waals surface area contributed by atoms with Crippen LogP contribution in [0.4, 0.5) is 5.69 Å². The Labute approximate surface area is 247 Å². The number of sulfone groups is 1. The van der Waals surface area contributed by atoms with E-state index in [9.17, 15) is 23.4 Å². The topological polar surface area (TPSA) is 157 Å². The monoisotopic (exact) mass is 599 g/mol. The van der Waals surface area contributed by atoms with Crippen molar-refractivity contribution >= 4 is 21.4 Å². The Balaban J connectivity index is 0.00000155. The molecule has 6 N–H and O–H groups in total. The molecule has 0 radical (unpaired) electrons. The van der Waals surface area contributed by atoms with Crippen LogP contribution >= 0.6 is 0 Å². The van der Waals surface area contributed by atoms with Crippen molar-refractivity contribution in [2.75, 3.05) is 31.4 Å². The summed E-state index contributed by atoms with van der Waals surface area (Å²) in [6.45, 7) is 2.28. The molecule has 0 spiro atoms. The molecular weight excluding hydrogens is 558 g/mol. The van der Waals surface area contributed by atoms with Crippen molar-refractivity contribution in [2.45, 2.75) is 55.6 Å². The fraction of sp³-hybridized carbons (Fsp3) is 0.387. The average molecular weight is 600 g/mol. The van der Waals surface area contributed by atoms with Gasteiger partial charge in [0, 0.05) is 37.1 Å². The molecule has 0 aromatic heterocycles. The van der Waals surface area contributed by atoms with Crippen molar-refractivity contribution in [3.8, 4) is 11.5 Å². The van der Waals surface area contributed by atoms with E-state index in [1.54, 1.807) is 6.92 Å². The fourth-order valence-corrected chi connectivity index (χ4v) is 5.47. The molecule has 1 aliphatic rings. The number of aliphatic hydroxyl groups is 2. The maximum absolute atomic E-state index is 12.4. The molecular formula is C31H41N3O7S. The standard InChI is InChI=1S/C29H35N3O6S.C2H6O/c1-39(36,37)28-17-26(15-16-27(28)34)38-19-25(33)18-30-23-13-11-21(12-14-23)20-7-9-22(10-8-20)29(35)32-31-24-5-3-2-4-6-24;1-2-3/h2-10,15-17,21,23,25,30-31,33-34H,11-14,18-19H2,1H3,(H,32,35);3H,2H2,1H3/t21?,23?,25-;/m0./s1. The Kier molecular flexibility index (Phi) is 12.6. The highest BCUT2D eigenvalue weighted by molar-refractivity contribution is 7.90. The third-order valence-electron chi connectivity index (χ3n) is 6.88. The lowest BCUT2D eigenvalue weighted by atomic mass is 9.81. The van der Waals surface area contributed by atoms with E-state index in [0.717, 1.165) is 37.6 Å². The summed E-state index contributed by atoms with van der Waals surface area (Å²) in [7, 11) is -3.59. The molecule has 3 aromatic rings. The predicted molar refractivity (Wildman–Crippen MR) is 162 cm³/mol. The summed E-state index contributed by atoms with van der Waals surface area (Å²) in [5.41, 5.74) is 8.24. The number of phenols is 1. The molecule has 1 saturated carbocycles. The highest BCUT2D eigenvalue weighted by atomic mass is 32.2. The number of phenolic OH excluding ortho intramolecular Hbond substituents is 1. The predicted octanol–water partition coefficient (Wildman–Crippen LogP) is 3.61. The third-order valence-corrected chi connectivity index (χ3v) is 8.01. The van der Waals surface area contributed by atoms with Gasteiger partial charge in [-0.05, 0) is 80.5 Å². The summed E-state index contributed by atoms with van der Waals surface area (Å²) in [6, 6.07) is 21.5. The number of para-hydroxylation sites is 1. The van der Waals surface area contributed by atoms with Gasteiger partial charge < -0.3 is 25.4 Å². The SMILES string of the molecule is CCO.CS(=O)(=O)c1cc(OC[C@@H](O)CNC2CCC(c3ccc(C(=O)NNc4ccccc4)cc3)CC2)ccc1O. The normalized spacial score (nSPS) is 17.3. The maximum Gasteiger partial charge on any atom is 0.269 e. The number of nitrogens with one attached hydrogen (secondary N) is 3. The number of benzene rings is 3. The van der Waals surface area contributed by atoms with E-state index < -0.39 is 15.9 Å². The van der Waals surface area contributed by atoms with Crippen molar-refractivity contribution < 1.29 is 33.3 Å². The largest absolute Gasteiger partial charge is 0.507 e. The van der Waals surface area contributed by atoms with Crippen molar-refractivity contribution in [1.82, 2.24) is 10.7 Å². The molecule has 11 heteroatoms. The van der Waals surface area contributed by atoms with Gasteiger partial charge >= 0.3 is 0 Å². The molecule has 1 amide bonds. The lowest BCUT2D eigenvalue weighted by Gasteiger charge is -2.30. The van der Waals surface area contributed by atoms with E-state index in [0.29, 0.717) is 18.0 Å². The van der Waals surface area contributed by atoms with Gasteiger partial charge in [-0.1, -0.05) is 30.3 Å². The first-order valence-corrected chi connectivity index (χ1v) is 15.9. The zero-order chi connectivity index (χ0) is 30.5. The van der Waals surface area contributed by atoms with Crippen LogP contribution in [0.5, 0.6) is 11.5 Å². The number of aliphatic hydroxyl groups excluding tert-OH is 2. The highest BCUT2D eigenvalue weighted by Gasteiger charge is 2.23. The summed E-state index contributed by atoms with van der Waals surface area (Å²) in [6.07, 6.45) is 4.20. The number of rotatable bonds is 11. The first kappa shape index (κ1) is 32.9. The van der Waals surface area contributed by atoms with E-state index in [4.69, 9.17) is 9.84 Å². The molecule has 0 unspecified atom stereocenters. The maximum atomic E-state index is 12.4. The molecule has 1 fully saturated rings. The van der Waals surface area contributed by atoms with Crippen LogP contribution in [0.25, 0.3) is 0 Å². The molecule has 0 saturated heterocycles. The summed E-state index contributed by atoms with van der Waals surface area (Å²) in [4.78, 5) is 12.2. The van der Waals surface area contributed by atoms with Gasteiger partial charge in [0.2, 0.25) is 0 Å². The van der Waals surface area contributed by atoms with Crippen molar-refractivity contribution in [2.24, 2.45) is 0 Å². The van der Waals surface area contributed by atoms with Crippen LogP contribution in [-0.4, -0.2) is 67.8 Å². The second kappa shape index (κ2) is 16.1. The van der Waals surface area contributed by atoms with Crippen molar-refractivity contribution in [3.05, 3.63) is 83.9 Å². The van der Waals surface area contributed by atoms with Crippen LogP contribution in [-0.2, 0) is 9.84 Å². The minimum absolute atomic E-state index is 0.00286. The quantitative estimate of drug-likeness (QED) is 0.181. The summed E-state index contributed by atoms with van der Waals surface area (Å²) in [5.74, 6) is 0.167. The average Bonchev–Trinajstić information content (AvgIpc) is 2.99. The second-order valence-electron chi connectivity index (χ2n) is 10.2. The first-order chi connectivity index (χ1) is 20.1. The number of carbonyl (C=O) groups is 1. The van der Waals surface area contributed by atoms with Gasteiger partial charge in [0.15, 0.2) is 9.84 Å². The van der Waals surface area contributed by atoms with Gasteiger partial charge in [0.05, 0.1) is 5.69 Å². The number of hydrogen-bond acceptors (Lipinski definition) is 9. The number of aromatic hydroxyl groups is 1. The Bertz CT molecular complexity index is 1360. The minimum Gasteiger partial charge on any atom is -0.507 e. The van der Waals surface area contributed by atoms with E-state index >= 15 is 0 Å². The molecule has 4 rings (SSSR count). The van der Waals surface area contributed by atoms with Crippen LogP contribution in [0.2, 0.25) is 0 Å². The molecule has 0 aliphatic heterocycles. The fourth-order valence-electron chi connectivity index (χ4n) is 4.70. The highest BCUT2D eigenvalue weighted by Crippen LogP contribution is 2.33. The molecule has 10 nitrogen and oxygen atoms in total. The third kappa shape index (κ3) is 10.3. The van der Waals surface area contributed by atoms with Crippen LogP contribution in [0.1, 0.15) is 54.4 Å². The number of ether oxygens (including phenoxy) is 1. The smallest absolute Gasteiger partial charge is 0.269 e. The second-order valence-corrected chi connectivity index (χ2v) is 12.2. The van der Waals surface area contributed by atoms with Gasteiger partial charge in [-0.3, -0.25) is 15.6 Å². The van der Waals surface area contributed by atoms with Gasteiger partial charge in [0.1, 0.15) is 29.1 Å². The number of anilines is 1. The summed E-state index contributed by atoms with van der Waals surface area (Å²) < 4.78 is 29.0. The van der Waals surface area contributed by atoms with Crippen molar-refractivity contribution in [3.63, 3.8) is 0 Å². The van der Waals surface area contributed by atoms with E-state index in [2.05, 4.69) is 16.2 Å². The molecule has 1 aliphatic carbocycles. The van der Waals surface area contributed by atoms with E-state index in [1.807, 2.05) is 54.6 Å². The Morgan fingerprint density at radius 3 is 2.26 bits per heavy atom. The Morgan fingerprint density at radius 2 is 1.64 bits per heavy atom. The molecule has 228 valence electrons. The van der Waals surface area contributed by atoms with Gasteiger partial charge in [-0.2, -0.15) is 0 Å². The molecule has 0 heterocycles. The molecule has 42 heavy (non-hydrogen) atoms. The zero-order valence-electron chi connectivity index (χ0n) is 24.0. The lowest BCUT2D eigenvalue weighted by molar-refractivity contribution is 0.0962. The molecule has 0 bridgehead atoms. The molecule has 1 atom stereocenters. The van der Waals surface area contributed by atoms with Crippen LogP contribution in [0, 0.1) is 0 Å². The van der Waals surface area contributed by atoms with Crippen LogP contribution < -0.4 is 20.9 Å². The number of hydrogen-bond donors (Lipinski definition) is 6. The van der Waals surface area contributed by atoms with Gasteiger partial charge in [0.25, 0.3) is 5.91 Å². The first-order valence-electron chi connectivity index (χ1n) is 14.0. The molecule has 3 aromatic carbocycles. The van der Waals surface area contributed by atoms with Gasteiger partial charge in [-0.25, -0.2) is 8.42 Å². The number of hydrazine groups is 1. The van der Waals surface area contributed by atoms with Gasteiger partial charge in [-0.15, -0.1) is 0 Å². The Hall–Kier alpha value is -3.64. The Morgan fingerprint density at radius 1 is 1.00 bits per heavy atom. The minimum atomic E-state index is -3.59. The van der Waals surface area contributed by atoms with E-state index in [1.165, 1.54) is 23.8 Å². The van der Waals surface area contributed by atoms with Crippen molar-refractivity contribution in [1.29, 1.82) is 0 Å². The number of carbonyl (C=O) groups excluding carboxylic acids is 1.